The van der Waals surface area contributed by atoms with Gasteiger partial charge in [-0.3, -0.25) is 9.59 Å². The van der Waals surface area contributed by atoms with Crippen LogP contribution in [-0.4, -0.2) is 23.0 Å². The first-order valence-electron chi connectivity index (χ1n) is 6.92. The number of carboxylic acid groups (broad SMARTS) is 1. The van der Waals surface area contributed by atoms with Crippen LogP contribution in [0, 0.1) is 5.92 Å². The number of nitrogens with one attached hydrogen (secondary N) is 1. The zero-order valence-electron chi connectivity index (χ0n) is 11.3. The van der Waals surface area contributed by atoms with E-state index in [-0.39, 0.29) is 24.3 Å². The lowest BCUT2D eigenvalue weighted by molar-refractivity contribution is -0.136. The summed E-state index contributed by atoms with van der Waals surface area (Å²) in [5.41, 5.74) is 7.17. The predicted octanol–water partition coefficient (Wildman–Crippen LogP) is 1.77. The first kappa shape index (κ1) is 14.5. The van der Waals surface area contributed by atoms with Crippen LogP contribution < -0.4 is 11.1 Å². The Balaban J connectivity index is 1.95. The fraction of sp³-hybridized carbons (Fsp3) is 0.467. The molecule has 1 amide bonds. The van der Waals surface area contributed by atoms with Gasteiger partial charge in [-0.15, -0.1) is 0 Å². The van der Waals surface area contributed by atoms with E-state index in [1.807, 2.05) is 0 Å². The molecule has 1 fully saturated rings. The molecule has 5 nitrogen and oxygen atoms in total. The average molecular weight is 276 g/mol. The van der Waals surface area contributed by atoms with Gasteiger partial charge in [0.15, 0.2) is 0 Å². The van der Waals surface area contributed by atoms with Crippen molar-refractivity contribution in [2.75, 3.05) is 5.32 Å². The van der Waals surface area contributed by atoms with E-state index in [0.717, 1.165) is 25.7 Å². The van der Waals surface area contributed by atoms with E-state index >= 15 is 0 Å². The Morgan fingerprint density at radius 3 is 2.60 bits per heavy atom. The van der Waals surface area contributed by atoms with Gasteiger partial charge in [0.25, 0.3) is 0 Å². The molecular formula is C15H20N2O3. The summed E-state index contributed by atoms with van der Waals surface area (Å²) in [7, 11) is 0. The van der Waals surface area contributed by atoms with Crippen molar-refractivity contribution in [2.24, 2.45) is 11.7 Å². The number of aliphatic carboxylic acids is 1. The SMILES string of the molecule is NC1CCC(C(=O)Nc2cccc(CC(=O)O)c2)CC1. The molecule has 108 valence electrons. The molecule has 1 aliphatic carbocycles. The van der Waals surface area contributed by atoms with E-state index in [4.69, 9.17) is 10.8 Å². The number of nitrogens with two attached hydrogens (primary N) is 1. The maximum atomic E-state index is 12.1. The summed E-state index contributed by atoms with van der Waals surface area (Å²) in [6, 6.07) is 7.20. The molecule has 0 bridgehead atoms. The van der Waals surface area contributed by atoms with Crippen molar-refractivity contribution in [1.29, 1.82) is 0 Å². The molecule has 4 N–H and O–H groups in total. The summed E-state index contributed by atoms with van der Waals surface area (Å²) >= 11 is 0. The third-order valence-electron chi connectivity index (χ3n) is 3.69. The highest BCUT2D eigenvalue weighted by atomic mass is 16.4. The minimum absolute atomic E-state index is 0.00405. The highest BCUT2D eigenvalue weighted by Gasteiger charge is 2.24. The Hall–Kier alpha value is -1.88. The normalized spacial score (nSPS) is 22.2. The number of rotatable bonds is 4. The molecule has 0 radical (unpaired) electrons. The van der Waals surface area contributed by atoms with Gasteiger partial charge in [-0.05, 0) is 43.4 Å². The van der Waals surface area contributed by atoms with E-state index in [1.165, 1.54) is 0 Å². The van der Waals surface area contributed by atoms with Crippen LogP contribution in [0.4, 0.5) is 5.69 Å². The van der Waals surface area contributed by atoms with Gasteiger partial charge in [0.05, 0.1) is 6.42 Å². The van der Waals surface area contributed by atoms with Crippen LogP contribution in [0.2, 0.25) is 0 Å². The molecule has 20 heavy (non-hydrogen) atoms. The second kappa shape index (κ2) is 6.52. The standard InChI is InChI=1S/C15H20N2O3/c16-12-6-4-11(5-7-12)15(20)17-13-3-1-2-10(8-13)9-14(18)19/h1-3,8,11-12H,4-7,9,16H2,(H,17,20)(H,18,19). The van der Waals surface area contributed by atoms with Gasteiger partial charge in [-0.25, -0.2) is 0 Å². The molecule has 1 aromatic carbocycles. The highest BCUT2D eigenvalue weighted by Crippen LogP contribution is 2.24. The van der Waals surface area contributed by atoms with Crippen molar-refractivity contribution in [2.45, 2.75) is 38.1 Å². The summed E-state index contributed by atoms with van der Waals surface area (Å²) in [5.74, 6) is -0.864. The second-order valence-corrected chi connectivity index (χ2v) is 5.37. The van der Waals surface area contributed by atoms with Crippen molar-refractivity contribution in [1.82, 2.24) is 0 Å². The first-order chi connectivity index (χ1) is 9.54. The van der Waals surface area contributed by atoms with E-state index < -0.39 is 5.97 Å². The zero-order chi connectivity index (χ0) is 14.5. The second-order valence-electron chi connectivity index (χ2n) is 5.37. The number of anilines is 1. The number of hydrogen-bond donors (Lipinski definition) is 3. The fourth-order valence-corrected chi connectivity index (χ4v) is 2.56. The Kier molecular flexibility index (Phi) is 4.74. The number of carboxylic acids is 1. The van der Waals surface area contributed by atoms with Gasteiger partial charge in [0.1, 0.15) is 0 Å². The van der Waals surface area contributed by atoms with E-state index in [9.17, 15) is 9.59 Å². The molecule has 1 aliphatic rings. The van der Waals surface area contributed by atoms with Gasteiger partial charge in [-0.2, -0.15) is 0 Å². The van der Waals surface area contributed by atoms with E-state index in [2.05, 4.69) is 5.32 Å². The molecule has 1 aromatic rings. The molecule has 0 unspecified atom stereocenters. The lowest BCUT2D eigenvalue weighted by atomic mass is 9.86. The summed E-state index contributed by atoms with van der Waals surface area (Å²) in [5, 5.41) is 11.6. The lowest BCUT2D eigenvalue weighted by Gasteiger charge is -2.25. The third kappa shape index (κ3) is 4.06. The number of carbonyl (C=O) groups excluding carboxylic acids is 1. The summed E-state index contributed by atoms with van der Waals surface area (Å²) < 4.78 is 0. The molecular weight excluding hydrogens is 256 g/mol. The number of benzene rings is 1. The maximum absolute atomic E-state index is 12.1. The summed E-state index contributed by atoms with van der Waals surface area (Å²) in [4.78, 5) is 22.8. The quantitative estimate of drug-likeness (QED) is 0.781. The average Bonchev–Trinajstić information content (AvgIpc) is 2.39. The third-order valence-corrected chi connectivity index (χ3v) is 3.69. The van der Waals surface area contributed by atoms with Crippen molar-refractivity contribution < 1.29 is 14.7 Å². The largest absolute Gasteiger partial charge is 0.481 e. The van der Waals surface area contributed by atoms with Crippen molar-refractivity contribution in [3.05, 3.63) is 29.8 Å². The molecule has 1 saturated carbocycles. The summed E-state index contributed by atoms with van der Waals surface area (Å²) in [6.45, 7) is 0. The smallest absolute Gasteiger partial charge is 0.307 e. The van der Waals surface area contributed by atoms with Crippen LogP contribution in [0.1, 0.15) is 31.2 Å². The van der Waals surface area contributed by atoms with Crippen LogP contribution >= 0.6 is 0 Å². The Morgan fingerprint density at radius 1 is 1.25 bits per heavy atom. The number of hydrogen-bond acceptors (Lipinski definition) is 3. The number of carbonyl (C=O) groups is 2. The molecule has 0 heterocycles. The van der Waals surface area contributed by atoms with Gasteiger partial charge < -0.3 is 16.2 Å². The van der Waals surface area contributed by atoms with Gasteiger partial charge in [-0.1, -0.05) is 12.1 Å². The van der Waals surface area contributed by atoms with E-state index in [1.54, 1.807) is 24.3 Å². The molecule has 0 aliphatic heterocycles. The molecule has 5 heteroatoms. The minimum atomic E-state index is -0.880. The molecule has 0 spiro atoms. The van der Waals surface area contributed by atoms with Crippen LogP contribution in [0.15, 0.2) is 24.3 Å². The summed E-state index contributed by atoms with van der Waals surface area (Å²) in [6.07, 6.45) is 3.37. The van der Waals surface area contributed by atoms with Crippen LogP contribution in [0.25, 0.3) is 0 Å². The van der Waals surface area contributed by atoms with Crippen LogP contribution in [-0.2, 0) is 16.0 Å². The Labute approximate surface area is 118 Å². The van der Waals surface area contributed by atoms with Crippen LogP contribution in [0.3, 0.4) is 0 Å². The minimum Gasteiger partial charge on any atom is -0.481 e. The number of amides is 1. The molecule has 0 atom stereocenters. The van der Waals surface area contributed by atoms with Gasteiger partial charge in [0, 0.05) is 17.6 Å². The molecule has 0 aromatic heterocycles. The predicted molar refractivity (Wildman–Crippen MR) is 76.3 cm³/mol. The molecule has 0 saturated heterocycles. The van der Waals surface area contributed by atoms with Gasteiger partial charge >= 0.3 is 5.97 Å². The first-order valence-corrected chi connectivity index (χ1v) is 6.92. The Bertz CT molecular complexity index is 494. The zero-order valence-corrected chi connectivity index (χ0v) is 11.3. The van der Waals surface area contributed by atoms with Crippen LogP contribution in [0.5, 0.6) is 0 Å². The van der Waals surface area contributed by atoms with Crippen molar-refractivity contribution >= 4 is 17.6 Å². The van der Waals surface area contributed by atoms with Crippen molar-refractivity contribution in [3.63, 3.8) is 0 Å². The topological polar surface area (TPSA) is 92.4 Å². The monoisotopic (exact) mass is 276 g/mol. The van der Waals surface area contributed by atoms with Gasteiger partial charge in [0.2, 0.25) is 5.91 Å². The molecule has 2 rings (SSSR count). The highest BCUT2D eigenvalue weighted by molar-refractivity contribution is 5.92. The van der Waals surface area contributed by atoms with Crippen molar-refractivity contribution in [3.8, 4) is 0 Å². The van der Waals surface area contributed by atoms with E-state index in [0.29, 0.717) is 11.3 Å². The lowest BCUT2D eigenvalue weighted by Crippen LogP contribution is -2.32. The maximum Gasteiger partial charge on any atom is 0.307 e. The fourth-order valence-electron chi connectivity index (χ4n) is 2.56. The Morgan fingerprint density at radius 2 is 1.95 bits per heavy atom.